The van der Waals surface area contributed by atoms with Crippen molar-refractivity contribution in [2.45, 2.75) is 12.8 Å². The first kappa shape index (κ1) is 16.9. The summed E-state index contributed by atoms with van der Waals surface area (Å²) < 4.78 is 6.98. The Morgan fingerprint density at radius 3 is 2.30 bits per heavy atom. The zero-order chi connectivity index (χ0) is 16.5. The molecule has 2 N–H and O–H groups in total. The highest BCUT2D eigenvalue weighted by Gasteiger charge is 2.00. The average Bonchev–Trinajstić information content (AvgIpc) is 2.99. The van der Waals surface area contributed by atoms with Crippen LogP contribution in [0.1, 0.15) is 11.1 Å². The van der Waals surface area contributed by atoms with Crippen LogP contribution in [0.2, 0.25) is 0 Å². The van der Waals surface area contributed by atoms with Crippen molar-refractivity contribution in [2.24, 2.45) is 12.0 Å². The molecule has 6 nitrogen and oxygen atoms in total. The van der Waals surface area contributed by atoms with Crippen LogP contribution in [0.5, 0.6) is 5.75 Å². The zero-order valence-corrected chi connectivity index (χ0v) is 14.0. The molecule has 0 fully saturated rings. The Morgan fingerprint density at radius 1 is 1.13 bits per heavy atom. The molecule has 124 valence electrons. The number of methoxy groups -OCH3 is 1. The van der Waals surface area contributed by atoms with Crippen molar-refractivity contribution in [3.05, 3.63) is 47.8 Å². The Kier molecular flexibility index (Phi) is 6.47. The van der Waals surface area contributed by atoms with E-state index in [1.807, 2.05) is 36.3 Å². The number of hydrogen-bond donors (Lipinski definition) is 2. The summed E-state index contributed by atoms with van der Waals surface area (Å²) in [6.07, 6.45) is 5.78. The number of nitrogens with one attached hydrogen (secondary N) is 2. The van der Waals surface area contributed by atoms with Crippen LogP contribution in [0, 0.1) is 0 Å². The second kappa shape index (κ2) is 8.82. The van der Waals surface area contributed by atoms with E-state index in [0.717, 1.165) is 37.6 Å². The maximum atomic E-state index is 5.16. The molecule has 2 rings (SSSR count). The summed E-state index contributed by atoms with van der Waals surface area (Å²) in [4.78, 5) is 4.24. The quantitative estimate of drug-likeness (QED) is 0.598. The fourth-order valence-electron chi connectivity index (χ4n) is 2.26. The number of nitrogens with zero attached hydrogens (tertiary/aromatic N) is 3. The van der Waals surface area contributed by atoms with Crippen molar-refractivity contribution >= 4 is 5.96 Å². The molecular formula is C17H25N5O. The van der Waals surface area contributed by atoms with Crippen molar-refractivity contribution in [3.8, 4) is 5.75 Å². The number of aryl methyl sites for hydroxylation is 1. The van der Waals surface area contributed by atoms with Crippen LogP contribution < -0.4 is 15.4 Å². The molecule has 0 spiro atoms. The molecule has 6 heteroatoms. The Hall–Kier alpha value is -2.50. The highest BCUT2D eigenvalue weighted by atomic mass is 16.5. The molecule has 0 aliphatic rings. The van der Waals surface area contributed by atoms with Crippen LogP contribution in [-0.2, 0) is 19.9 Å². The summed E-state index contributed by atoms with van der Waals surface area (Å²) in [6, 6.07) is 8.13. The van der Waals surface area contributed by atoms with Crippen LogP contribution >= 0.6 is 0 Å². The second-order valence-corrected chi connectivity index (χ2v) is 5.30. The van der Waals surface area contributed by atoms with Gasteiger partial charge in [-0.15, -0.1) is 0 Å². The summed E-state index contributed by atoms with van der Waals surface area (Å²) in [5, 5.41) is 10.8. The van der Waals surface area contributed by atoms with Crippen molar-refractivity contribution in [3.63, 3.8) is 0 Å². The molecule has 0 atom stereocenters. The predicted molar refractivity (Wildman–Crippen MR) is 93.0 cm³/mol. The molecule has 0 saturated heterocycles. The average molecular weight is 315 g/mol. The van der Waals surface area contributed by atoms with E-state index in [-0.39, 0.29) is 0 Å². The Labute approximate surface area is 137 Å². The third kappa shape index (κ3) is 5.65. The monoisotopic (exact) mass is 315 g/mol. The van der Waals surface area contributed by atoms with Crippen LogP contribution in [0.4, 0.5) is 0 Å². The van der Waals surface area contributed by atoms with Crippen molar-refractivity contribution in [1.82, 2.24) is 20.4 Å². The van der Waals surface area contributed by atoms with Crippen LogP contribution in [-0.4, -0.2) is 43.0 Å². The molecule has 23 heavy (non-hydrogen) atoms. The third-order valence-corrected chi connectivity index (χ3v) is 3.55. The summed E-state index contributed by atoms with van der Waals surface area (Å²) in [5.41, 5.74) is 2.48. The topological polar surface area (TPSA) is 63.5 Å². The van der Waals surface area contributed by atoms with Gasteiger partial charge in [0.15, 0.2) is 5.96 Å². The predicted octanol–water partition coefficient (Wildman–Crippen LogP) is 1.38. The van der Waals surface area contributed by atoms with E-state index in [2.05, 4.69) is 32.9 Å². The van der Waals surface area contributed by atoms with Gasteiger partial charge in [-0.25, -0.2) is 0 Å². The van der Waals surface area contributed by atoms with E-state index >= 15 is 0 Å². The summed E-state index contributed by atoms with van der Waals surface area (Å²) >= 11 is 0. The molecule has 1 aromatic heterocycles. The fourth-order valence-corrected chi connectivity index (χ4v) is 2.26. The smallest absolute Gasteiger partial charge is 0.190 e. The number of hydrogen-bond acceptors (Lipinski definition) is 3. The molecular weight excluding hydrogens is 290 g/mol. The number of aliphatic imine (C=N–C) groups is 1. The van der Waals surface area contributed by atoms with Gasteiger partial charge in [0.05, 0.1) is 13.3 Å². The molecule has 0 amide bonds. The van der Waals surface area contributed by atoms with Gasteiger partial charge < -0.3 is 15.4 Å². The number of benzene rings is 1. The van der Waals surface area contributed by atoms with Gasteiger partial charge in [-0.05, 0) is 36.1 Å². The maximum absolute atomic E-state index is 5.16. The molecule has 0 bridgehead atoms. The van der Waals surface area contributed by atoms with E-state index in [1.54, 1.807) is 14.2 Å². The number of rotatable bonds is 7. The van der Waals surface area contributed by atoms with Crippen molar-refractivity contribution in [1.29, 1.82) is 0 Å². The Morgan fingerprint density at radius 2 is 1.78 bits per heavy atom. The van der Waals surface area contributed by atoms with E-state index in [0.29, 0.717) is 0 Å². The number of aromatic nitrogens is 2. The van der Waals surface area contributed by atoms with Crippen LogP contribution in [0.3, 0.4) is 0 Å². The summed E-state index contributed by atoms with van der Waals surface area (Å²) in [6.45, 7) is 1.66. The van der Waals surface area contributed by atoms with Crippen molar-refractivity contribution < 1.29 is 4.74 Å². The van der Waals surface area contributed by atoms with Gasteiger partial charge in [-0.3, -0.25) is 9.67 Å². The van der Waals surface area contributed by atoms with Gasteiger partial charge in [0.2, 0.25) is 0 Å². The summed E-state index contributed by atoms with van der Waals surface area (Å²) in [7, 11) is 5.39. The number of guanidine groups is 1. The van der Waals surface area contributed by atoms with Gasteiger partial charge in [-0.2, -0.15) is 5.10 Å². The SMILES string of the molecule is CN=C(NCCc1ccc(OC)cc1)NCCc1cnn(C)c1. The zero-order valence-electron chi connectivity index (χ0n) is 14.0. The highest BCUT2D eigenvalue weighted by Crippen LogP contribution is 2.11. The van der Waals surface area contributed by atoms with E-state index < -0.39 is 0 Å². The lowest BCUT2D eigenvalue weighted by molar-refractivity contribution is 0.414. The molecule has 0 aliphatic heterocycles. The Bertz CT molecular complexity index is 618. The van der Waals surface area contributed by atoms with Gasteiger partial charge in [0.25, 0.3) is 0 Å². The maximum Gasteiger partial charge on any atom is 0.190 e. The first-order chi connectivity index (χ1) is 11.2. The van der Waals surface area contributed by atoms with Crippen LogP contribution in [0.15, 0.2) is 41.7 Å². The van der Waals surface area contributed by atoms with Gasteiger partial charge in [0, 0.05) is 33.4 Å². The second-order valence-electron chi connectivity index (χ2n) is 5.30. The first-order valence-corrected chi connectivity index (χ1v) is 7.76. The van der Waals surface area contributed by atoms with Gasteiger partial charge in [-0.1, -0.05) is 12.1 Å². The minimum atomic E-state index is 0.822. The highest BCUT2D eigenvalue weighted by molar-refractivity contribution is 5.79. The molecule has 0 saturated carbocycles. The van der Waals surface area contributed by atoms with E-state index in [1.165, 1.54) is 11.1 Å². The fraction of sp³-hybridized carbons (Fsp3) is 0.412. The van der Waals surface area contributed by atoms with Gasteiger partial charge >= 0.3 is 0 Å². The van der Waals surface area contributed by atoms with E-state index in [4.69, 9.17) is 4.74 Å². The molecule has 0 unspecified atom stereocenters. The Balaban J connectivity index is 1.68. The normalized spacial score (nSPS) is 11.3. The molecule has 0 radical (unpaired) electrons. The van der Waals surface area contributed by atoms with Crippen LogP contribution in [0.25, 0.3) is 0 Å². The minimum Gasteiger partial charge on any atom is -0.497 e. The molecule has 1 aromatic carbocycles. The van der Waals surface area contributed by atoms with Crippen molar-refractivity contribution in [2.75, 3.05) is 27.2 Å². The lowest BCUT2D eigenvalue weighted by Gasteiger charge is -2.11. The lowest BCUT2D eigenvalue weighted by atomic mass is 10.1. The van der Waals surface area contributed by atoms with E-state index in [9.17, 15) is 0 Å². The standard InChI is InChI=1S/C17H25N5O/c1-18-17(20-11-9-15-12-21-22(2)13-15)19-10-8-14-4-6-16(23-3)7-5-14/h4-7,12-13H,8-11H2,1-3H3,(H2,18,19,20). The molecule has 1 heterocycles. The third-order valence-electron chi connectivity index (χ3n) is 3.55. The van der Waals surface area contributed by atoms with Gasteiger partial charge in [0.1, 0.15) is 5.75 Å². The molecule has 0 aliphatic carbocycles. The number of ether oxygens (including phenoxy) is 1. The minimum absolute atomic E-state index is 0.822. The summed E-state index contributed by atoms with van der Waals surface area (Å²) in [5.74, 6) is 1.71. The first-order valence-electron chi connectivity index (χ1n) is 7.76. The molecule has 2 aromatic rings. The lowest BCUT2D eigenvalue weighted by Crippen LogP contribution is -2.39. The largest absolute Gasteiger partial charge is 0.497 e.